The van der Waals surface area contributed by atoms with Gasteiger partial charge in [-0.3, -0.25) is 9.59 Å². The predicted octanol–water partition coefficient (Wildman–Crippen LogP) is 3.15. The molecular weight excluding hydrogens is 328 g/mol. The molecule has 0 amide bonds. The lowest BCUT2D eigenvalue weighted by atomic mass is 9.97. The van der Waals surface area contributed by atoms with Crippen molar-refractivity contribution in [2.75, 3.05) is 0 Å². The van der Waals surface area contributed by atoms with E-state index in [1.165, 1.54) is 12.3 Å². The van der Waals surface area contributed by atoms with Gasteiger partial charge in [0, 0.05) is 36.1 Å². The molecule has 2 heterocycles. The molecule has 0 fully saturated rings. The summed E-state index contributed by atoms with van der Waals surface area (Å²) in [7, 11) is 1.80. The van der Waals surface area contributed by atoms with Crippen molar-refractivity contribution in [3.05, 3.63) is 81.0 Å². The first-order valence-corrected chi connectivity index (χ1v) is 7.67. The summed E-state index contributed by atoms with van der Waals surface area (Å²) >= 11 is 5.94. The molecule has 0 spiro atoms. The summed E-state index contributed by atoms with van der Waals surface area (Å²) in [6, 6.07) is 10.3. The highest BCUT2D eigenvalue weighted by Crippen LogP contribution is 2.30. The summed E-state index contributed by atoms with van der Waals surface area (Å²) < 4.78 is 2.30. The van der Waals surface area contributed by atoms with Crippen molar-refractivity contribution in [2.24, 2.45) is 7.05 Å². The topological polar surface area (TPSA) is 64.2 Å². The number of hydrogen-bond acceptors (Lipinski definition) is 3. The Labute approximate surface area is 143 Å². The Balaban J connectivity index is 2.10. The van der Waals surface area contributed by atoms with Crippen molar-refractivity contribution >= 4 is 17.9 Å². The molecule has 0 bridgehead atoms. The number of aryl methyl sites for hydroxylation is 1. The molecule has 5 nitrogen and oxygen atoms in total. The Kier molecular flexibility index (Phi) is 4.27. The molecule has 6 heteroatoms. The minimum Gasteiger partial charge on any atom is -0.425 e. The minimum absolute atomic E-state index is 0.468. The fourth-order valence-electron chi connectivity index (χ4n) is 2.78. The molecule has 24 heavy (non-hydrogen) atoms. The predicted molar refractivity (Wildman–Crippen MR) is 91.9 cm³/mol. The number of hydrogen-bond donors (Lipinski definition) is 1. The van der Waals surface area contributed by atoms with Crippen LogP contribution in [0.4, 0.5) is 0 Å². The Morgan fingerprint density at radius 2 is 1.92 bits per heavy atom. The molecule has 0 radical (unpaired) electrons. The standard InChI is InChI=1S/C18H15ClN2O3/c1-20-10-14(8-12-6-7-21(24)17(23)9-12)18(16(20)11-22)13-2-4-15(19)5-3-13/h2-7,9-11,24H,8H2,1H3. The third-order valence-electron chi connectivity index (χ3n) is 3.91. The van der Waals surface area contributed by atoms with E-state index in [-0.39, 0.29) is 0 Å². The van der Waals surface area contributed by atoms with E-state index >= 15 is 0 Å². The summed E-state index contributed by atoms with van der Waals surface area (Å²) in [6.45, 7) is 0. The second-order valence-electron chi connectivity index (χ2n) is 5.54. The van der Waals surface area contributed by atoms with Gasteiger partial charge in [-0.1, -0.05) is 23.7 Å². The Morgan fingerprint density at radius 1 is 1.21 bits per heavy atom. The van der Waals surface area contributed by atoms with Crippen LogP contribution in [0.2, 0.25) is 5.02 Å². The first-order chi connectivity index (χ1) is 11.5. The zero-order valence-corrected chi connectivity index (χ0v) is 13.7. The summed E-state index contributed by atoms with van der Waals surface area (Å²) in [6.07, 6.45) is 4.47. The van der Waals surface area contributed by atoms with Crippen LogP contribution < -0.4 is 5.56 Å². The number of aldehydes is 1. The Hall–Kier alpha value is -2.79. The van der Waals surface area contributed by atoms with Gasteiger partial charge < -0.3 is 9.77 Å². The van der Waals surface area contributed by atoms with E-state index < -0.39 is 5.56 Å². The van der Waals surface area contributed by atoms with E-state index in [0.717, 1.165) is 28.5 Å². The monoisotopic (exact) mass is 342 g/mol. The normalized spacial score (nSPS) is 10.8. The number of carbonyl (C=O) groups excluding carboxylic acids is 1. The van der Waals surface area contributed by atoms with Gasteiger partial charge in [-0.15, -0.1) is 0 Å². The fraction of sp³-hybridized carbons (Fsp3) is 0.111. The van der Waals surface area contributed by atoms with Gasteiger partial charge in [0.05, 0.1) is 5.69 Å². The maximum absolute atomic E-state index is 11.6. The molecule has 3 rings (SSSR count). The van der Waals surface area contributed by atoms with Crippen molar-refractivity contribution in [2.45, 2.75) is 6.42 Å². The van der Waals surface area contributed by atoms with Crippen molar-refractivity contribution < 1.29 is 10.0 Å². The van der Waals surface area contributed by atoms with Crippen LogP contribution in [-0.4, -0.2) is 20.8 Å². The molecule has 1 aromatic carbocycles. The van der Waals surface area contributed by atoms with Crippen molar-refractivity contribution in [3.8, 4) is 11.1 Å². The van der Waals surface area contributed by atoms with E-state index in [0.29, 0.717) is 21.9 Å². The highest BCUT2D eigenvalue weighted by molar-refractivity contribution is 6.30. The van der Waals surface area contributed by atoms with Crippen molar-refractivity contribution in [1.82, 2.24) is 9.30 Å². The first kappa shape index (κ1) is 16.1. The van der Waals surface area contributed by atoms with E-state index in [4.69, 9.17) is 11.6 Å². The van der Waals surface area contributed by atoms with Crippen LogP contribution in [0, 0.1) is 0 Å². The highest BCUT2D eigenvalue weighted by atomic mass is 35.5. The van der Waals surface area contributed by atoms with Gasteiger partial charge in [-0.2, -0.15) is 4.73 Å². The first-order valence-electron chi connectivity index (χ1n) is 7.29. The Bertz CT molecular complexity index is 955. The molecule has 0 saturated carbocycles. The average molecular weight is 343 g/mol. The molecule has 0 aliphatic rings. The maximum atomic E-state index is 11.6. The zero-order valence-electron chi connectivity index (χ0n) is 12.9. The molecule has 0 unspecified atom stereocenters. The number of carbonyl (C=O) groups is 1. The van der Waals surface area contributed by atoms with Gasteiger partial charge in [0.2, 0.25) is 0 Å². The second-order valence-corrected chi connectivity index (χ2v) is 5.98. The fourth-order valence-corrected chi connectivity index (χ4v) is 2.90. The molecule has 0 aliphatic heterocycles. The van der Waals surface area contributed by atoms with E-state index in [2.05, 4.69) is 0 Å². The largest absolute Gasteiger partial charge is 0.425 e. The summed E-state index contributed by atoms with van der Waals surface area (Å²) in [5, 5.41) is 9.92. The van der Waals surface area contributed by atoms with Crippen LogP contribution in [0.1, 0.15) is 21.6 Å². The number of benzene rings is 1. The van der Waals surface area contributed by atoms with Crippen LogP contribution in [0.15, 0.2) is 53.6 Å². The van der Waals surface area contributed by atoms with Gasteiger partial charge in [0.25, 0.3) is 5.56 Å². The van der Waals surface area contributed by atoms with Crippen LogP contribution in [-0.2, 0) is 13.5 Å². The molecular formula is C18H15ClN2O3. The van der Waals surface area contributed by atoms with E-state index in [1.54, 1.807) is 29.8 Å². The van der Waals surface area contributed by atoms with Gasteiger partial charge >= 0.3 is 0 Å². The lowest BCUT2D eigenvalue weighted by Gasteiger charge is -2.07. The lowest BCUT2D eigenvalue weighted by Crippen LogP contribution is -2.16. The van der Waals surface area contributed by atoms with Crippen molar-refractivity contribution in [3.63, 3.8) is 0 Å². The number of rotatable bonds is 4. The van der Waals surface area contributed by atoms with Gasteiger partial charge in [-0.05, 0) is 41.3 Å². The number of pyridine rings is 1. The molecule has 2 aromatic heterocycles. The van der Waals surface area contributed by atoms with Crippen LogP contribution in [0.5, 0.6) is 0 Å². The van der Waals surface area contributed by atoms with Crippen molar-refractivity contribution in [1.29, 1.82) is 0 Å². The molecule has 0 aliphatic carbocycles. The van der Waals surface area contributed by atoms with E-state index in [9.17, 15) is 14.8 Å². The summed E-state index contributed by atoms with van der Waals surface area (Å²) in [5.74, 6) is 0. The molecule has 122 valence electrons. The second kappa shape index (κ2) is 6.37. The smallest absolute Gasteiger partial charge is 0.283 e. The quantitative estimate of drug-likeness (QED) is 0.585. The average Bonchev–Trinajstić information content (AvgIpc) is 2.87. The molecule has 3 aromatic rings. The van der Waals surface area contributed by atoms with Crippen LogP contribution >= 0.6 is 11.6 Å². The third-order valence-corrected chi connectivity index (χ3v) is 4.16. The van der Waals surface area contributed by atoms with Gasteiger partial charge in [0.1, 0.15) is 0 Å². The SMILES string of the molecule is Cn1cc(Cc2ccn(O)c(=O)c2)c(-c2ccc(Cl)cc2)c1C=O. The lowest BCUT2D eigenvalue weighted by molar-refractivity contribution is 0.111. The number of halogens is 1. The summed E-state index contributed by atoms with van der Waals surface area (Å²) in [5.41, 5.74) is 3.43. The van der Waals surface area contributed by atoms with Crippen LogP contribution in [0.3, 0.4) is 0 Å². The highest BCUT2D eigenvalue weighted by Gasteiger charge is 2.16. The Morgan fingerprint density at radius 3 is 2.54 bits per heavy atom. The third kappa shape index (κ3) is 2.98. The minimum atomic E-state index is -0.493. The molecule has 0 atom stereocenters. The van der Waals surface area contributed by atoms with Gasteiger partial charge in [0.15, 0.2) is 6.29 Å². The molecule has 0 saturated heterocycles. The van der Waals surface area contributed by atoms with Gasteiger partial charge in [-0.25, -0.2) is 0 Å². The van der Waals surface area contributed by atoms with Crippen LogP contribution in [0.25, 0.3) is 11.1 Å². The summed E-state index contributed by atoms with van der Waals surface area (Å²) in [4.78, 5) is 23.1. The maximum Gasteiger partial charge on any atom is 0.283 e. The van der Waals surface area contributed by atoms with E-state index in [1.807, 2.05) is 18.3 Å². The molecule has 1 N–H and O–H groups in total. The number of nitrogens with zero attached hydrogens (tertiary/aromatic N) is 2. The number of aromatic nitrogens is 2. The zero-order chi connectivity index (χ0) is 17.3.